The fourth-order valence-corrected chi connectivity index (χ4v) is 3.00. The lowest BCUT2D eigenvalue weighted by molar-refractivity contribution is 0.103. The number of pyridine rings is 1. The van der Waals surface area contributed by atoms with Crippen LogP contribution in [0.5, 0.6) is 5.75 Å². The number of imidazole rings is 1. The molecule has 0 bridgehead atoms. The third-order valence-electron chi connectivity index (χ3n) is 4.14. The number of carbonyl (C=O) groups is 1. The third-order valence-corrected chi connectivity index (χ3v) is 4.14. The summed E-state index contributed by atoms with van der Waals surface area (Å²) in [7, 11) is 1.59. The molecular formula is C20H16N2O2. The van der Waals surface area contributed by atoms with Crippen LogP contribution in [0.1, 0.15) is 21.7 Å². The first kappa shape index (κ1) is 14.5. The number of nitrogens with zero attached hydrogens (tertiary/aromatic N) is 2. The molecule has 4 rings (SSSR count). The Morgan fingerprint density at radius 2 is 1.92 bits per heavy atom. The molecule has 4 nitrogen and oxygen atoms in total. The molecule has 4 aromatic rings. The Kier molecular flexibility index (Phi) is 3.31. The zero-order chi connectivity index (χ0) is 16.7. The fourth-order valence-electron chi connectivity index (χ4n) is 3.00. The predicted octanol–water partition coefficient (Wildman–Crippen LogP) is 4.04. The summed E-state index contributed by atoms with van der Waals surface area (Å²) in [4.78, 5) is 17.7. The largest absolute Gasteiger partial charge is 0.497 e. The average molecular weight is 316 g/mol. The summed E-state index contributed by atoms with van der Waals surface area (Å²) in [5.41, 5.74) is 2.87. The Bertz CT molecular complexity index is 1080. The molecule has 0 aliphatic carbocycles. The monoisotopic (exact) mass is 316 g/mol. The Labute approximate surface area is 139 Å². The van der Waals surface area contributed by atoms with Gasteiger partial charge in [-0.05, 0) is 30.5 Å². The number of aryl methyl sites for hydroxylation is 1. The molecule has 2 aromatic carbocycles. The number of methoxy groups -OCH3 is 1. The van der Waals surface area contributed by atoms with E-state index >= 15 is 0 Å². The molecule has 0 unspecified atom stereocenters. The minimum Gasteiger partial charge on any atom is -0.497 e. The van der Waals surface area contributed by atoms with Gasteiger partial charge >= 0.3 is 0 Å². The van der Waals surface area contributed by atoms with E-state index in [-0.39, 0.29) is 5.78 Å². The number of hydrogen-bond acceptors (Lipinski definition) is 3. The van der Waals surface area contributed by atoms with Crippen LogP contribution in [0.25, 0.3) is 16.4 Å². The molecule has 118 valence electrons. The lowest BCUT2D eigenvalue weighted by atomic mass is 10.0. The van der Waals surface area contributed by atoms with Gasteiger partial charge in [0.1, 0.15) is 11.4 Å². The minimum atomic E-state index is -0.0537. The maximum absolute atomic E-state index is 13.1. The molecule has 0 amide bonds. The molecule has 0 N–H and O–H groups in total. The number of aromatic nitrogens is 2. The SMILES string of the molecule is COc1cccc(C(=O)c2cc3ccccc3c3nc(C)cn23)c1. The summed E-state index contributed by atoms with van der Waals surface area (Å²) >= 11 is 0. The molecule has 0 saturated carbocycles. The van der Waals surface area contributed by atoms with Crippen molar-refractivity contribution in [2.45, 2.75) is 6.92 Å². The van der Waals surface area contributed by atoms with Crippen molar-refractivity contribution in [2.24, 2.45) is 0 Å². The van der Waals surface area contributed by atoms with Gasteiger partial charge in [-0.25, -0.2) is 4.98 Å². The maximum atomic E-state index is 13.1. The number of ether oxygens (including phenoxy) is 1. The highest BCUT2D eigenvalue weighted by Gasteiger charge is 2.16. The highest BCUT2D eigenvalue weighted by molar-refractivity contribution is 6.11. The van der Waals surface area contributed by atoms with Crippen molar-refractivity contribution in [3.63, 3.8) is 0 Å². The van der Waals surface area contributed by atoms with Gasteiger partial charge in [0, 0.05) is 17.1 Å². The molecule has 0 saturated heterocycles. The van der Waals surface area contributed by atoms with Crippen LogP contribution in [-0.2, 0) is 0 Å². The summed E-state index contributed by atoms with van der Waals surface area (Å²) < 4.78 is 7.11. The van der Waals surface area contributed by atoms with Gasteiger partial charge in [0.2, 0.25) is 5.78 Å². The maximum Gasteiger partial charge on any atom is 0.209 e. The van der Waals surface area contributed by atoms with Crippen molar-refractivity contribution in [2.75, 3.05) is 7.11 Å². The van der Waals surface area contributed by atoms with Crippen molar-refractivity contribution in [3.8, 4) is 5.75 Å². The summed E-state index contributed by atoms with van der Waals surface area (Å²) in [6, 6.07) is 17.1. The van der Waals surface area contributed by atoms with E-state index in [2.05, 4.69) is 4.98 Å². The standard InChI is InChI=1S/C20H16N2O2/c1-13-12-22-18(19(23)15-7-5-8-16(10-15)24-2)11-14-6-3-4-9-17(14)20(22)21-13/h3-12H,1-2H3. The van der Waals surface area contributed by atoms with Gasteiger partial charge in [0.15, 0.2) is 0 Å². The highest BCUT2D eigenvalue weighted by atomic mass is 16.5. The van der Waals surface area contributed by atoms with Crippen LogP contribution in [0.2, 0.25) is 0 Å². The summed E-state index contributed by atoms with van der Waals surface area (Å²) in [5, 5.41) is 2.04. The second-order valence-corrected chi connectivity index (χ2v) is 5.75. The van der Waals surface area contributed by atoms with Crippen molar-refractivity contribution in [1.29, 1.82) is 0 Å². The number of carbonyl (C=O) groups excluding carboxylic acids is 1. The van der Waals surface area contributed by atoms with E-state index in [0.717, 1.165) is 22.1 Å². The molecule has 0 spiro atoms. The number of rotatable bonds is 3. The summed E-state index contributed by atoms with van der Waals surface area (Å²) in [6.07, 6.45) is 1.90. The zero-order valence-corrected chi connectivity index (χ0v) is 13.5. The van der Waals surface area contributed by atoms with Crippen LogP contribution in [0, 0.1) is 6.92 Å². The van der Waals surface area contributed by atoms with Crippen LogP contribution in [0.15, 0.2) is 60.8 Å². The highest BCUT2D eigenvalue weighted by Crippen LogP contribution is 2.24. The fraction of sp³-hybridized carbons (Fsp3) is 0.100. The van der Waals surface area contributed by atoms with Crippen LogP contribution < -0.4 is 4.74 Å². The van der Waals surface area contributed by atoms with Crippen molar-refractivity contribution in [3.05, 3.63) is 77.7 Å². The van der Waals surface area contributed by atoms with Crippen molar-refractivity contribution in [1.82, 2.24) is 9.38 Å². The summed E-state index contributed by atoms with van der Waals surface area (Å²) in [5.74, 6) is 0.613. The zero-order valence-electron chi connectivity index (χ0n) is 13.5. The number of fused-ring (bicyclic) bond motifs is 3. The Morgan fingerprint density at radius 1 is 1.08 bits per heavy atom. The molecule has 0 fully saturated rings. The van der Waals surface area contributed by atoms with Gasteiger partial charge in [-0.3, -0.25) is 9.20 Å². The lowest BCUT2D eigenvalue weighted by Crippen LogP contribution is -2.08. The van der Waals surface area contributed by atoms with E-state index in [0.29, 0.717) is 17.0 Å². The van der Waals surface area contributed by atoms with E-state index in [1.165, 1.54) is 0 Å². The summed E-state index contributed by atoms with van der Waals surface area (Å²) in [6.45, 7) is 1.93. The number of hydrogen-bond donors (Lipinski definition) is 0. The van der Waals surface area contributed by atoms with Gasteiger partial charge in [-0.2, -0.15) is 0 Å². The average Bonchev–Trinajstić information content (AvgIpc) is 3.02. The molecule has 0 aliphatic heterocycles. The second kappa shape index (κ2) is 5.49. The van der Waals surface area contributed by atoms with Crippen LogP contribution in [0.4, 0.5) is 0 Å². The molecular weight excluding hydrogens is 300 g/mol. The van der Waals surface area contributed by atoms with Gasteiger partial charge in [0.05, 0.1) is 18.5 Å². The first-order valence-corrected chi connectivity index (χ1v) is 7.73. The normalized spacial score (nSPS) is 11.1. The Hall–Kier alpha value is -3.14. The van der Waals surface area contributed by atoms with Crippen LogP contribution >= 0.6 is 0 Å². The second-order valence-electron chi connectivity index (χ2n) is 5.75. The van der Waals surface area contributed by atoms with E-state index in [1.54, 1.807) is 19.2 Å². The topological polar surface area (TPSA) is 43.6 Å². The first-order valence-electron chi connectivity index (χ1n) is 7.73. The molecule has 4 heteroatoms. The quantitative estimate of drug-likeness (QED) is 0.536. The molecule has 0 radical (unpaired) electrons. The van der Waals surface area contributed by atoms with Crippen LogP contribution in [0.3, 0.4) is 0 Å². The molecule has 0 atom stereocenters. The minimum absolute atomic E-state index is 0.0537. The van der Waals surface area contributed by atoms with Gasteiger partial charge in [-0.1, -0.05) is 36.4 Å². The Balaban J connectivity index is 1.98. The first-order chi connectivity index (χ1) is 11.7. The predicted molar refractivity (Wildman–Crippen MR) is 93.9 cm³/mol. The van der Waals surface area contributed by atoms with Crippen LogP contribution in [-0.4, -0.2) is 22.3 Å². The number of benzene rings is 2. The smallest absolute Gasteiger partial charge is 0.209 e. The third kappa shape index (κ3) is 2.24. The van der Waals surface area contributed by atoms with Crippen molar-refractivity contribution >= 4 is 22.2 Å². The van der Waals surface area contributed by atoms with Gasteiger partial charge < -0.3 is 4.74 Å². The van der Waals surface area contributed by atoms with Gasteiger partial charge in [-0.15, -0.1) is 0 Å². The van der Waals surface area contributed by atoms with E-state index in [1.807, 2.05) is 60.0 Å². The molecule has 2 heterocycles. The Morgan fingerprint density at radius 3 is 2.75 bits per heavy atom. The molecule has 0 aliphatic rings. The van der Waals surface area contributed by atoms with Gasteiger partial charge in [0.25, 0.3) is 0 Å². The van der Waals surface area contributed by atoms with E-state index in [4.69, 9.17) is 4.74 Å². The van der Waals surface area contributed by atoms with E-state index in [9.17, 15) is 4.79 Å². The van der Waals surface area contributed by atoms with Crippen molar-refractivity contribution < 1.29 is 9.53 Å². The van der Waals surface area contributed by atoms with E-state index < -0.39 is 0 Å². The lowest BCUT2D eigenvalue weighted by Gasteiger charge is -2.09. The molecule has 2 aromatic heterocycles. The molecule has 24 heavy (non-hydrogen) atoms. The number of ketones is 1.